The summed E-state index contributed by atoms with van der Waals surface area (Å²) in [6, 6.07) is 4.90. The number of benzene rings is 1. The third-order valence-corrected chi connectivity index (χ3v) is 1.65. The Morgan fingerprint density at radius 1 is 1.46 bits per heavy atom. The van der Waals surface area contributed by atoms with Crippen LogP contribution in [-0.4, -0.2) is 12.3 Å². The average Bonchev–Trinajstić information content (AvgIpc) is 2.08. The van der Waals surface area contributed by atoms with Gasteiger partial charge in [-0.3, -0.25) is 9.59 Å². The highest BCUT2D eigenvalue weighted by atomic mass is 16.5. The number of rotatable bonds is 2. The molecule has 1 rings (SSSR count). The Bertz CT molecular complexity index is 342. The molecule has 0 amide bonds. The molecule has 3 heteroatoms. The van der Waals surface area contributed by atoms with Gasteiger partial charge in [-0.25, -0.2) is 0 Å². The summed E-state index contributed by atoms with van der Waals surface area (Å²) in [5, 5.41) is 0. The lowest BCUT2D eigenvalue weighted by Crippen LogP contribution is -2.03. The molecule has 0 aromatic heterocycles. The number of ether oxygens (including phenoxy) is 1. The van der Waals surface area contributed by atoms with Gasteiger partial charge in [0, 0.05) is 18.1 Å². The van der Waals surface area contributed by atoms with Gasteiger partial charge in [-0.15, -0.1) is 0 Å². The van der Waals surface area contributed by atoms with E-state index in [2.05, 4.69) is 0 Å². The van der Waals surface area contributed by atoms with E-state index in [1.807, 2.05) is 0 Å². The zero-order valence-electron chi connectivity index (χ0n) is 7.46. The van der Waals surface area contributed by atoms with E-state index in [0.29, 0.717) is 16.9 Å². The number of carbonyl (C=O) groups excluding carboxylic acids is 2. The van der Waals surface area contributed by atoms with Crippen LogP contribution in [0, 0.1) is 6.92 Å². The summed E-state index contributed by atoms with van der Waals surface area (Å²) in [5.41, 5.74) is 1.05. The molecule has 0 atom stereocenters. The van der Waals surface area contributed by atoms with Crippen LogP contribution >= 0.6 is 0 Å². The predicted octanol–water partition coefficient (Wildman–Crippen LogP) is 1.38. The van der Waals surface area contributed by atoms with Gasteiger partial charge in [-0.1, -0.05) is 12.1 Å². The largest absolute Gasteiger partial charge is 0.426 e. The third kappa shape index (κ3) is 2.15. The van der Waals surface area contributed by atoms with Crippen molar-refractivity contribution in [2.24, 2.45) is 0 Å². The maximum Gasteiger partial charge on any atom is 0.308 e. The van der Waals surface area contributed by atoms with Gasteiger partial charge >= 0.3 is 5.97 Å². The Morgan fingerprint density at radius 3 is 2.69 bits per heavy atom. The predicted molar refractivity (Wildman–Crippen MR) is 47.3 cm³/mol. The fourth-order valence-corrected chi connectivity index (χ4v) is 0.990. The Morgan fingerprint density at radius 2 is 2.15 bits per heavy atom. The van der Waals surface area contributed by atoms with Gasteiger partial charge in [0.2, 0.25) is 6.29 Å². The van der Waals surface area contributed by atoms with Gasteiger partial charge < -0.3 is 4.74 Å². The second-order valence-corrected chi connectivity index (χ2v) is 2.62. The van der Waals surface area contributed by atoms with Crippen molar-refractivity contribution in [1.29, 1.82) is 0 Å². The summed E-state index contributed by atoms with van der Waals surface area (Å²) in [4.78, 5) is 21.0. The number of hydrogen-bond acceptors (Lipinski definition) is 3. The van der Waals surface area contributed by atoms with Gasteiger partial charge in [-0.2, -0.15) is 0 Å². The van der Waals surface area contributed by atoms with E-state index < -0.39 is 5.97 Å². The zero-order valence-corrected chi connectivity index (χ0v) is 7.46. The second kappa shape index (κ2) is 3.85. The molecule has 0 saturated carbocycles. The normalized spacial score (nSPS) is 9.38. The van der Waals surface area contributed by atoms with Crippen molar-refractivity contribution in [3.05, 3.63) is 29.3 Å². The van der Waals surface area contributed by atoms with Gasteiger partial charge in [0.1, 0.15) is 5.75 Å². The molecular formula is C10H9O3. The van der Waals surface area contributed by atoms with Crippen molar-refractivity contribution >= 4 is 12.3 Å². The number of esters is 1. The first-order valence-electron chi connectivity index (χ1n) is 3.81. The fourth-order valence-electron chi connectivity index (χ4n) is 0.990. The number of carbonyl (C=O) groups is 1. The lowest BCUT2D eigenvalue weighted by atomic mass is 10.1. The molecule has 0 unspecified atom stereocenters. The SMILES string of the molecule is CC(=O)Oc1cccc([C]=O)c1C. The van der Waals surface area contributed by atoms with Crippen LogP contribution in [0.1, 0.15) is 18.1 Å². The minimum absolute atomic E-state index is 0.397. The van der Waals surface area contributed by atoms with Gasteiger partial charge in [-0.05, 0) is 13.0 Å². The molecule has 13 heavy (non-hydrogen) atoms. The maximum atomic E-state index is 10.6. The molecule has 0 aliphatic heterocycles. The van der Waals surface area contributed by atoms with Gasteiger partial charge in [0.25, 0.3) is 0 Å². The second-order valence-electron chi connectivity index (χ2n) is 2.62. The topological polar surface area (TPSA) is 43.4 Å². The molecule has 1 radical (unpaired) electrons. The van der Waals surface area contributed by atoms with Gasteiger partial charge in [0.15, 0.2) is 0 Å². The Balaban J connectivity index is 3.07. The van der Waals surface area contributed by atoms with E-state index in [1.165, 1.54) is 6.92 Å². The quantitative estimate of drug-likeness (QED) is 0.506. The molecule has 67 valence electrons. The summed E-state index contributed by atoms with van der Waals surface area (Å²) >= 11 is 0. The molecule has 0 N–H and O–H groups in total. The van der Waals surface area contributed by atoms with E-state index in [0.717, 1.165) is 0 Å². The smallest absolute Gasteiger partial charge is 0.308 e. The lowest BCUT2D eigenvalue weighted by molar-refractivity contribution is -0.131. The first-order chi connectivity index (χ1) is 6.15. The molecule has 0 fully saturated rings. The lowest BCUT2D eigenvalue weighted by Gasteiger charge is -2.05. The summed E-state index contributed by atoms with van der Waals surface area (Å²) in [7, 11) is 0. The van der Waals surface area contributed by atoms with Crippen LogP contribution in [0.3, 0.4) is 0 Å². The van der Waals surface area contributed by atoms with Crippen LogP contribution < -0.4 is 4.74 Å². The van der Waals surface area contributed by atoms with Crippen molar-refractivity contribution in [2.45, 2.75) is 13.8 Å². The standard InChI is InChI=1S/C10H9O3/c1-7-9(6-11)4-3-5-10(7)13-8(2)12/h3-5H,1-2H3. The first kappa shape index (κ1) is 9.45. The Hall–Kier alpha value is -1.64. The van der Waals surface area contributed by atoms with Crippen molar-refractivity contribution in [3.63, 3.8) is 0 Å². The summed E-state index contributed by atoms with van der Waals surface area (Å²) < 4.78 is 4.87. The van der Waals surface area contributed by atoms with Crippen LogP contribution in [0.25, 0.3) is 0 Å². The molecule has 0 heterocycles. The first-order valence-corrected chi connectivity index (χ1v) is 3.81. The Kier molecular flexibility index (Phi) is 2.80. The van der Waals surface area contributed by atoms with Crippen LogP contribution in [0.15, 0.2) is 18.2 Å². The van der Waals surface area contributed by atoms with Crippen LogP contribution in [0.4, 0.5) is 0 Å². The summed E-state index contributed by atoms with van der Waals surface area (Å²) in [6.45, 7) is 3.02. The highest BCUT2D eigenvalue weighted by Crippen LogP contribution is 2.19. The van der Waals surface area contributed by atoms with E-state index >= 15 is 0 Å². The molecule has 0 bridgehead atoms. The monoisotopic (exact) mass is 177 g/mol. The highest BCUT2D eigenvalue weighted by molar-refractivity contribution is 5.80. The van der Waals surface area contributed by atoms with Crippen molar-refractivity contribution in [2.75, 3.05) is 0 Å². The van der Waals surface area contributed by atoms with Gasteiger partial charge in [0.05, 0.1) is 0 Å². The highest BCUT2D eigenvalue weighted by Gasteiger charge is 2.06. The van der Waals surface area contributed by atoms with E-state index in [1.54, 1.807) is 31.4 Å². The van der Waals surface area contributed by atoms with Crippen molar-refractivity contribution in [1.82, 2.24) is 0 Å². The molecule has 1 aromatic carbocycles. The third-order valence-electron chi connectivity index (χ3n) is 1.65. The molecule has 0 spiro atoms. The fraction of sp³-hybridized carbons (Fsp3) is 0.200. The minimum atomic E-state index is -0.397. The minimum Gasteiger partial charge on any atom is -0.426 e. The molecule has 0 aliphatic rings. The summed E-state index contributed by atoms with van der Waals surface area (Å²) in [5.74, 6) is 0.0134. The Labute approximate surface area is 76.3 Å². The maximum absolute atomic E-state index is 10.6. The number of hydrogen-bond donors (Lipinski definition) is 0. The molecule has 0 aliphatic carbocycles. The van der Waals surface area contributed by atoms with Crippen LogP contribution in [0.5, 0.6) is 5.75 Å². The summed E-state index contributed by atoms with van der Waals surface area (Å²) in [6.07, 6.45) is 1.77. The van der Waals surface area contributed by atoms with Crippen LogP contribution in [0.2, 0.25) is 0 Å². The molecule has 3 nitrogen and oxygen atoms in total. The van der Waals surface area contributed by atoms with E-state index in [-0.39, 0.29) is 0 Å². The van der Waals surface area contributed by atoms with E-state index in [9.17, 15) is 9.59 Å². The molecule has 0 saturated heterocycles. The average molecular weight is 177 g/mol. The van der Waals surface area contributed by atoms with E-state index in [4.69, 9.17) is 4.74 Å². The molecule has 1 aromatic rings. The molecular weight excluding hydrogens is 168 g/mol. The van der Waals surface area contributed by atoms with Crippen molar-refractivity contribution < 1.29 is 14.3 Å². The zero-order chi connectivity index (χ0) is 9.84. The van der Waals surface area contributed by atoms with Crippen LogP contribution in [-0.2, 0) is 9.59 Å². The van der Waals surface area contributed by atoms with Crippen molar-refractivity contribution in [3.8, 4) is 5.75 Å².